The Bertz CT molecular complexity index is 577. The number of benzene rings is 1. The molecule has 24 heavy (non-hydrogen) atoms. The normalized spacial score (nSPS) is 26.8. The number of carbonyl (C=O) groups is 2. The third-order valence-electron chi connectivity index (χ3n) is 5.13. The van der Waals surface area contributed by atoms with Crippen LogP contribution in [0.3, 0.4) is 0 Å². The summed E-state index contributed by atoms with van der Waals surface area (Å²) in [7, 11) is 0. The number of amides is 1. The molecule has 1 saturated carbocycles. The van der Waals surface area contributed by atoms with Gasteiger partial charge in [-0.05, 0) is 44.2 Å². The number of ether oxygens (including phenoxy) is 1. The van der Waals surface area contributed by atoms with Gasteiger partial charge in [0.05, 0.1) is 6.61 Å². The third-order valence-corrected chi connectivity index (χ3v) is 6.25. The lowest BCUT2D eigenvalue weighted by Crippen LogP contribution is -2.55. The predicted molar refractivity (Wildman–Crippen MR) is 95.1 cm³/mol. The lowest BCUT2D eigenvalue weighted by molar-refractivity contribution is -0.130. The lowest BCUT2D eigenvalue weighted by Gasteiger charge is -2.46. The number of nitrogens with zero attached hydrogens (tertiary/aromatic N) is 1. The topological polar surface area (TPSA) is 46.6 Å². The Morgan fingerprint density at radius 2 is 2.08 bits per heavy atom. The lowest BCUT2D eigenvalue weighted by atomic mass is 9.70. The average Bonchev–Trinajstić information content (AvgIpc) is 2.61. The molecule has 1 amide bonds. The molecule has 1 saturated heterocycles. The van der Waals surface area contributed by atoms with E-state index < -0.39 is 0 Å². The van der Waals surface area contributed by atoms with Crippen LogP contribution in [0.25, 0.3) is 0 Å². The average molecular weight is 347 g/mol. The summed E-state index contributed by atoms with van der Waals surface area (Å²) in [5.41, 5.74) is 0. The highest BCUT2D eigenvalue weighted by molar-refractivity contribution is 7.99. The van der Waals surface area contributed by atoms with Gasteiger partial charge in [0.25, 0.3) is 0 Å². The Kier molecular flexibility index (Phi) is 5.82. The van der Waals surface area contributed by atoms with Gasteiger partial charge in [-0.2, -0.15) is 0 Å². The van der Waals surface area contributed by atoms with Crippen molar-refractivity contribution < 1.29 is 14.3 Å². The summed E-state index contributed by atoms with van der Waals surface area (Å²) in [6.07, 6.45) is 3.25. The van der Waals surface area contributed by atoms with Gasteiger partial charge in [0.2, 0.25) is 0 Å². The molecule has 0 unspecified atom stereocenters. The van der Waals surface area contributed by atoms with Crippen LogP contribution in [-0.4, -0.2) is 41.7 Å². The van der Waals surface area contributed by atoms with Crippen molar-refractivity contribution in [2.24, 2.45) is 11.8 Å². The molecular weight excluding hydrogens is 322 g/mol. The molecule has 2 aliphatic rings. The quantitative estimate of drug-likeness (QED) is 0.773. The maximum absolute atomic E-state index is 12.4. The highest BCUT2D eigenvalue weighted by Crippen LogP contribution is 2.40. The number of thioether (sulfide) groups is 1. The van der Waals surface area contributed by atoms with Crippen LogP contribution in [0.4, 0.5) is 4.79 Å². The van der Waals surface area contributed by atoms with Crippen LogP contribution in [-0.2, 0) is 9.53 Å². The second-order valence-electron chi connectivity index (χ2n) is 6.50. The van der Waals surface area contributed by atoms with Gasteiger partial charge < -0.3 is 9.64 Å². The van der Waals surface area contributed by atoms with Crippen LogP contribution in [0.2, 0.25) is 0 Å². The standard InChI is InChI=1S/C19H25NO3S/c1-2-23-19(22)20-12-11-16-15(9-6-10-18(16)21)17(20)13-24-14-7-4-3-5-8-14/h3-5,7-8,15-17H,2,6,9-13H2,1H3/t15-,16+,17-/m1/s1. The zero-order valence-corrected chi connectivity index (χ0v) is 15.0. The monoisotopic (exact) mass is 347 g/mol. The Labute approximate surface area is 147 Å². The van der Waals surface area contributed by atoms with Crippen LogP contribution in [0.15, 0.2) is 35.2 Å². The number of piperidine rings is 1. The number of likely N-dealkylation sites (tertiary alicyclic amines) is 1. The fourth-order valence-corrected chi connectivity index (χ4v) is 5.13. The Hall–Kier alpha value is -1.49. The van der Waals surface area contributed by atoms with Crippen molar-refractivity contribution in [3.05, 3.63) is 30.3 Å². The molecule has 3 atom stereocenters. The summed E-state index contributed by atoms with van der Waals surface area (Å²) in [4.78, 5) is 27.8. The van der Waals surface area contributed by atoms with Gasteiger partial charge in [-0.15, -0.1) is 11.8 Å². The maximum Gasteiger partial charge on any atom is 0.410 e. The number of rotatable bonds is 4. The van der Waals surface area contributed by atoms with Crippen LogP contribution in [0, 0.1) is 11.8 Å². The first-order chi connectivity index (χ1) is 11.7. The summed E-state index contributed by atoms with van der Waals surface area (Å²) in [5.74, 6) is 1.62. The van der Waals surface area contributed by atoms with E-state index in [4.69, 9.17) is 4.74 Å². The van der Waals surface area contributed by atoms with E-state index in [-0.39, 0.29) is 24.0 Å². The smallest absolute Gasteiger partial charge is 0.410 e. The summed E-state index contributed by atoms with van der Waals surface area (Å²) in [5, 5.41) is 0. The number of hydrogen-bond donors (Lipinski definition) is 0. The van der Waals surface area contributed by atoms with Crippen LogP contribution in [0.1, 0.15) is 32.6 Å². The van der Waals surface area contributed by atoms with Gasteiger partial charge >= 0.3 is 6.09 Å². The molecule has 1 heterocycles. The number of ketones is 1. The molecule has 1 aliphatic heterocycles. The van der Waals surface area contributed by atoms with Crippen molar-refractivity contribution in [3.8, 4) is 0 Å². The van der Waals surface area contributed by atoms with Crippen molar-refractivity contribution in [2.75, 3.05) is 18.9 Å². The zero-order valence-electron chi connectivity index (χ0n) is 14.1. The van der Waals surface area contributed by atoms with E-state index in [1.807, 2.05) is 30.0 Å². The van der Waals surface area contributed by atoms with E-state index in [0.29, 0.717) is 25.4 Å². The molecule has 1 aromatic rings. The molecule has 0 N–H and O–H groups in total. The number of fused-ring (bicyclic) bond motifs is 1. The van der Waals surface area contributed by atoms with Crippen molar-refractivity contribution in [1.29, 1.82) is 0 Å². The van der Waals surface area contributed by atoms with E-state index in [9.17, 15) is 9.59 Å². The highest BCUT2D eigenvalue weighted by atomic mass is 32.2. The largest absolute Gasteiger partial charge is 0.450 e. The number of hydrogen-bond acceptors (Lipinski definition) is 4. The predicted octanol–water partition coefficient (Wildman–Crippen LogP) is 3.99. The minimum absolute atomic E-state index is 0.0808. The molecule has 0 bridgehead atoms. The zero-order chi connectivity index (χ0) is 16.9. The highest BCUT2D eigenvalue weighted by Gasteiger charge is 2.44. The van der Waals surface area contributed by atoms with E-state index in [0.717, 1.165) is 25.0 Å². The van der Waals surface area contributed by atoms with Gasteiger partial charge in [0.1, 0.15) is 5.78 Å². The summed E-state index contributed by atoms with van der Waals surface area (Å²) in [6.45, 7) is 2.86. The Morgan fingerprint density at radius 3 is 2.83 bits per heavy atom. The Morgan fingerprint density at radius 1 is 1.29 bits per heavy atom. The maximum atomic E-state index is 12.4. The van der Waals surface area contributed by atoms with Crippen molar-refractivity contribution in [3.63, 3.8) is 0 Å². The fraction of sp³-hybridized carbons (Fsp3) is 0.579. The SMILES string of the molecule is CCOC(=O)N1CC[C@@H]2C(=O)CCC[C@H]2[C@H]1CSc1ccccc1. The van der Waals surface area contributed by atoms with Gasteiger partial charge in [-0.3, -0.25) is 4.79 Å². The fourth-order valence-electron chi connectivity index (χ4n) is 3.99. The van der Waals surface area contributed by atoms with E-state index in [1.54, 1.807) is 11.8 Å². The minimum Gasteiger partial charge on any atom is -0.450 e. The van der Waals surface area contributed by atoms with Crippen LogP contribution < -0.4 is 0 Å². The van der Waals surface area contributed by atoms with Crippen LogP contribution in [0.5, 0.6) is 0 Å². The molecule has 130 valence electrons. The molecule has 1 aliphatic carbocycles. The summed E-state index contributed by atoms with van der Waals surface area (Å²) < 4.78 is 5.26. The van der Waals surface area contributed by atoms with E-state index in [2.05, 4.69) is 12.1 Å². The molecule has 4 nitrogen and oxygen atoms in total. The minimum atomic E-state index is -0.229. The number of Topliss-reactive ketones (excluding diaryl/α,β-unsaturated/α-hetero) is 1. The molecule has 2 fully saturated rings. The molecule has 3 rings (SSSR count). The first-order valence-electron chi connectivity index (χ1n) is 8.84. The van der Waals surface area contributed by atoms with Crippen molar-refractivity contribution in [1.82, 2.24) is 4.90 Å². The van der Waals surface area contributed by atoms with Gasteiger partial charge in [0.15, 0.2) is 0 Å². The number of carbonyl (C=O) groups excluding carboxylic acids is 2. The second kappa shape index (κ2) is 8.06. The van der Waals surface area contributed by atoms with Crippen molar-refractivity contribution in [2.45, 2.75) is 43.5 Å². The Balaban J connectivity index is 1.76. The molecule has 0 aromatic heterocycles. The first kappa shape index (κ1) is 17.3. The molecular formula is C19H25NO3S. The molecule has 0 radical (unpaired) electrons. The van der Waals surface area contributed by atoms with Gasteiger partial charge in [0, 0.05) is 35.6 Å². The summed E-state index contributed by atoms with van der Waals surface area (Å²) >= 11 is 1.76. The van der Waals surface area contributed by atoms with Gasteiger partial charge in [-0.25, -0.2) is 4.79 Å². The third kappa shape index (κ3) is 3.77. The first-order valence-corrected chi connectivity index (χ1v) is 9.83. The molecule has 1 aromatic carbocycles. The van der Waals surface area contributed by atoms with E-state index >= 15 is 0 Å². The molecule has 0 spiro atoms. The van der Waals surface area contributed by atoms with Crippen LogP contribution >= 0.6 is 11.8 Å². The van der Waals surface area contributed by atoms with Crippen molar-refractivity contribution >= 4 is 23.6 Å². The summed E-state index contributed by atoms with van der Waals surface area (Å²) in [6, 6.07) is 10.3. The molecule has 5 heteroatoms. The van der Waals surface area contributed by atoms with Gasteiger partial charge in [-0.1, -0.05) is 18.2 Å². The van der Waals surface area contributed by atoms with E-state index in [1.165, 1.54) is 4.90 Å². The second-order valence-corrected chi connectivity index (χ2v) is 7.59.